The molecule has 2 heterocycles. The van der Waals surface area contributed by atoms with Crippen LogP contribution in [0.5, 0.6) is 5.75 Å². The van der Waals surface area contributed by atoms with Crippen LogP contribution >= 0.6 is 0 Å². The van der Waals surface area contributed by atoms with E-state index in [1.807, 2.05) is 13.8 Å². The molecule has 3 rings (SSSR count). The number of Topliss-reactive ketones (excluding diaryl/α,β-unsaturated/α-hetero) is 1. The van der Waals surface area contributed by atoms with Crippen molar-refractivity contribution >= 4 is 17.4 Å². The van der Waals surface area contributed by atoms with Gasteiger partial charge in [-0.1, -0.05) is 31.9 Å². The van der Waals surface area contributed by atoms with Crippen molar-refractivity contribution in [3.8, 4) is 5.75 Å². The Kier molecular flexibility index (Phi) is 6.87. The van der Waals surface area contributed by atoms with Gasteiger partial charge in [0.05, 0.1) is 17.7 Å². The van der Waals surface area contributed by atoms with Crippen LogP contribution in [0.25, 0.3) is 5.76 Å². The van der Waals surface area contributed by atoms with Gasteiger partial charge in [-0.15, -0.1) is 0 Å². The minimum absolute atomic E-state index is 0.0247. The van der Waals surface area contributed by atoms with Gasteiger partial charge in [0.25, 0.3) is 11.7 Å². The van der Waals surface area contributed by atoms with E-state index in [0.29, 0.717) is 17.9 Å². The maximum atomic E-state index is 13.0. The molecular weight excluding hydrogens is 380 g/mol. The molecule has 0 spiro atoms. The van der Waals surface area contributed by atoms with E-state index >= 15 is 0 Å². The molecule has 1 amide bonds. The van der Waals surface area contributed by atoms with Crippen LogP contribution in [0.3, 0.4) is 0 Å². The number of aliphatic hydroxyl groups excluding tert-OH is 1. The lowest BCUT2D eigenvalue weighted by Crippen LogP contribution is -2.30. The largest absolute Gasteiger partial charge is 0.507 e. The average Bonchev–Trinajstić information content (AvgIpc) is 2.99. The molecule has 0 bridgehead atoms. The molecule has 1 atom stereocenters. The van der Waals surface area contributed by atoms with Crippen LogP contribution in [0.2, 0.25) is 0 Å². The first-order valence-corrected chi connectivity index (χ1v) is 10.4. The van der Waals surface area contributed by atoms with Crippen LogP contribution in [0, 0.1) is 0 Å². The van der Waals surface area contributed by atoms with Crippen molar-refractivity contribution in [2.24, 2.45) is 0 Å². The van der Waals surface area contributed by atoms with Crippen LogP contribution < -0.4 is 4.74 Å². The highest BCUT2D eigenvalue weighted by Crippen LogP contribution is 2.39. The van der Waals surface area contributed by atoms with E-state index in [9.17, 15) is 14.7 Å². The summed E-state index contributed by atoms with van der Waals surface area (Å²) in [4.78, 5) is 31.4. The molecule has 6 heteroatoms. The fourth-order valence-electron chi connectivity index (χ4n) is 3.68. The summed E-state index contributed by atoms with van der Waals surface area (Å²) < 4.78 is 5.71. The number of amides is 1. The second-order valence-corrected chi connectivity index (χ2v) is 7.67. The monoisotopic (exact) mass is 408 g/mol. The van der Waals surface area contributed by atoms with Crippen molar-refractivity contribution in [1.82, 2.24) is 9.88 Å². The lowest BCUT2D eigenvalue weighted by atomic mass is 9.96. The van der Waals surface area contributed by atoms with E-state index in [1.165, 1.54) is 0 Å². The first kappa shape index (κ1) is 21.6. The van der Waals surface area contributed by atoms with E-state index in [-0.39, 0.29) is 17.4 Å². The van der Waals surface area contributed by atoms with Crippen LogP contribution in [-0.4, -0.2) is 39.3 Å². The fraction of sp³-hybridized carbons (Fsp3) is 0.375. The van der Waals surface area contributed by atoms with E-state index in [4.69, 9.17) is 4.74 Å². The topological polar surface area (TPSA) is 79.7 Å². The smallest absolute Gasteiger partial charge is 0.295 e. The molecule has 1 aromatic carbocycles. The number of ketones is 1. The lowest BCUT2D eigenvalue weighted by molar-refractivity contribution is -0.139. The van der Waals surface area contributed by atoms with Crippen molar-refractivity contribution in [3.63, 3.8) is 0 Å². The zero-order valence-corrected chi connectivity index (χ0v) is 17.7. The maximum Gasteiger partial charge on any atom is 0.295 e. The molecule has 6 nitrogen and oxygen atoms in total. The Morgan fingerprint density at radius 2 is 1.90 bits per heavy atom. The normalized spacial score (nSPS) is 18.3. The summed E-state index contributed by atoms with van der Waals surface area (Å²) >= 11 is 0. The Balaban J connectivity index is 2.07. The van der Waals surface area contributed by atoms with Crippen molar-refractivity contribution in [2.75, 3.05) is 6.54 Å². The van der Waals surface area contributed by atoms with Crippen molar-refractivity contribution in [2.45, 2.75) is 52.2 Å². The number of aromatic nitrogens is 1. The molecule has 1 saturated heterocycles. The summed E-state index contributed by atoms with van der Waals surface area (Å²) in [6.45, 7) is 6.37. The van der Waals surface area contributed by atoms with Crippen molar-refractivity contribution in [3.05, 3.63) is 65.5 Å². The molecule has 1 unspecified atom stereocenters. The highest BCUT2D eigenvalue weighted by Gasteiger charge is 2.45. The van der Waals surface area contributed by atoms with Gasteiger partial charge in [0.15, 0.2) is 0 Å². The molecule has 1 aromatic heterocycles. The van der Waals surface area contributed by atoms with E-state index in [0.717, 1.165) is 24.8 Å². The van der Waals surface area contributed by atoms with Gasteiger partial charge in [-0.05, 0) is 50.1 Å². The molecule has 2 aromatic rings. The summed E-state index contributed by atoms with van der Waals surface area (Å²) in [7, 11) is 0. The molecule has 0 radical (unpaired) electrons. The fourth-order valence-corrected chi connectivity index (χ4v) is 3.68. The molecule has 1 aliphatic rings. The average molecular weight is 408 g/mol. The zero-order chi connectivity index (χ0) is 21.7. The number of hydrogen-bond acceptors (Lipinski definition) is 5. The van der Waals surface area contributed by atoms with E-state index < -0.39 is 17.7 Å². The molecule has 30 heavy (non-hydrogen) atoms. The SMILES string of the molecule is CCCCCN1C(=O)C(=O)/C(=C(\O)c2cccc(OC(C)C)c2)C1c1ccncc1. The predicted molar refractivity (Wildman–Crippen MR) is 115 cm³/mol. The van der Waals surface area contributed by atoms with Gasteiger partial charge in [0, 0.05) is 24.5 Å². The van der Waals surface area contributed by atoms with Gasteiger partial charge in [-0.3, -0.25) is 14.6 Å². The molecule has 1 aliphatic heterocycles. The van der Waals surface area contributed by atoms with Crippen LogP contribution in [0.15, 0.2) is 54.4 Å². The highest BCUT2D eigenvalue weighted by atomic mass is 16.5. The Labute approximate surface area is 177 Å². The third-order valence-electron chi connectivity index (χ3n) is 5.04. The van der Waals surface area contributed by atoms with Gasteiger partial charge in [0.1, 0.15) is 11.5 Å². The summed E-state index contributed by atoms with van der Waals surface area (Å²) in [6.07, 6.45) is 5.98. The number of carbonyl (C=O) groups excluding carboxylic acids is 2. The van der Waals surface area contributed by atoms with E-state index in [2.05, 4.69) is 11.9 Å². The Morgan fingerprint density at radius 3 is 2.57 bits per heavy atom. The molecule has 1 fully saturated rings. The van der Waals surface area contributed by atoms with Gasteiger partial charge in [-0.25, -0.2) is 0 Å². The number of carbonyl (C=O) groups is 2. The zero-order valence-electron chi connectivity index (χ0n) is 17.7. The van der Waals surface area contributed by atoms with Gasteiger partial charge in [-0.2, -0.15) is 0 Å². The molecule has 0 aliphatic carbocycles. The second-order valence-electron chi connectivity index (χ2n) is 7.67. The third-order valence-corrected chi connectivity index (χ3v) is 5.04. The Morgan fingerprint density at radius 1 is 1.17 bits per heavy atom. The van der Waals surface area contributed by atoms with Crippen molar-refractivity contribution in [1.29, 1.82) is 0 Å². The standard InChI is InChI=1S/C24H28N2O4/c1-4-5-6-14-26-21(17-10-12-25-13-11-17)20(23(28)24(26)29)22(27)18-8-7-9-19(15-18)30-16(2)3/h7-13,15-16,21,27H,4-6,14H2,1-3H3/b22-20-. The number of hydrogen-bond donors (Lipinski definition) is 1. The molecular formula is C24H28N2O4. The first-order valence-electron chi connectivity index (χ1n) is 10.4. The molecule has 158 valence electrons. The maximum absolute atomic E-state index is 13.0. The van der Waals surface area contributed by atoms with Gasteiger partial charge < -0.3 is 14.7 Å². The minimum atomic E-state index is -0.666. The predicted octanol–water partition coefficient (Wildman–Crippen LogP) is 4.48. The molecule has 1 N–H and O–H groups in total. The first-order chi connectivity index (χ1) is 14.4. The number of rotatable bonds is 8. The summed E-state index contributed by atoms with van der Waals surface area (Å²) in [5, 5.41) is 11.1. The number of pyridine rings is 1. The number of nitrogens with zero attached hydrogens (tertiary/aromatic N) is 2. The third kappa shape index (κ3) is 4.53. The second kappa shape index (κ2) is 9.57. The number of unbranched alkanes of at least 4 members (excludes halogenated alkanes) is 2. The minimum Gasteiger partial charge on any atom is -0.507 e. The quantitative estimate of drug-likeness (QED) is 0.301. The van der Waals surface area contributed by atoms with E-state index in [1.54, 1.807) is 53.7 Å². The van der Waals surface area contributed by atoms with Crippen LogP contribution in [0.1, 0.15) is 57.2 Å². The van der Waals surface area contributed by atoms with Crippen LogP contribution in [-0.2, 0) is 9.59 Å². The Bertz CT molecular complexity index is 937. The lowest BCUT2D eigenvalue weighted by Gasteiger charge is -2.25. The van der Waals surface area contributed by atoms with Gasteiger partial charge in [0.2, 0.25) is 0 Å². The summed E-state index contributed by atoms with van der Waals surface area (Å²) in [5.74, 6) is -0.848. The highest BCUT2D eigenvalue weighted by molar-refractivity contribution is 6.46. The number of likely N-dealkylation sites (tertiary alicyclic amines) is 1. The van der Waals surface area contributed by atoms with Crippen molar-refractivity contribution < 1.29 is 19.4 Å². The Hall–Kier alpha value is -3.15. The number of benzene rings is 1. The van der Waals surface area contributed by atoms with Crippen LogP contribution in [0.4, 0.5) is 0 Å². The number of ether oxygens (including phenoxy) is 1. The molecule has 0 saturated carbocycles. The summed E-state index contributed by atoms with van der Waals surface area (Å²) in [5.41, 5.74) is 1.29. The van der Waals surface area contributed by atoms with Gasteiger partial charge >= 0.3 is 0 Å². The number of aliphatic hydroxyl groups is 1. The summed E-state index contributed by atoms with van der Waals surface area (Å²) in [6, 6.07) is 9.84.